The van der Waals surface area contributed by atoms with Crippen LogP contribution in [0.5, 0.6) is 5.75 Å². The molecule has 30 heavy (non-hydrogen) atoms. The van der Waals surface area contributed by atoms with Crippen LogP contribution >= 0.6 is 11.8 Å². The molecule has 8 heteroatoms. The number of methoxy groups -OCH3 is 1. The van der Waals surface area contributed by atoms with Gasteiger partial charge in [-0.05, 0) is 36.8 Å². The molecule has 0 radical (unpaired) electrons. The van der Waals surface area contributed by atoms with E-state index < -0.39 is 0 Å². The fraction of sp³-hybridized carbons (Fsp3) is 0.227. The largest absolute Gasteiger partial charge is 0.497 e. The molecule has 0 aliphatic carbocycles. The number of hydrogen-bond acceptors (Lipinski definition) is 5. The lowest BCUT2D eigenvalue weighted by atomic mass is 10.2. The second kappa shape index (κ2) is 10.5. The van der Waals surface area contributed by atoms with Crippen molar-refractivity contribution in [1.82, 2.24) is 9.78 Å². The highest BCUT2D eigenvalue weighted by Gasteiger charge is 2.15. The number of rotatable bonds is 9. The molecule has 156 valence electrons. The molecule has 3 rings (SSSR count). The molecule has 0 spiro atoms. The van der Waals surface area contributed by atoms with Crippen LogP contribution in [0.15, 0.2) is 67.0 Å². The molecule has 0 aliphatic heterocycles. The molecule has 3 aromatic rings. The predicted molar refractivity (Wildman–Crippen MR) is 120 cm³/mol. The van der Waals surface area contributed by atoms with Crippen LogP contribution in [0, 0.1) is 0 Å². The number of aromatic nitrogens is 2. The van der Waals surface area contributed by atoms with E-state index in [1.807, 2.05) is 37.3 Å². The third-order valence-electron chi connectivity index (χ3n) is 4.29. The molecule has 2 amide bonds. The van der Waals surface area contributed by atoms with Gasteiger partial charge in [-0.2, -0.15) is 5.10 Å². The molecule has 0 aliphatic rings. The molecule has 0 saturated carbocycles. The minimum absolute atomic E-state index is 0.0419. The highest BCUT2D eigenvalue weighted by molar-refractivity contribution is 7.99. The van der Waals surface area contributed by atoms with E-state index in [4.69, 9.17) is 4.74 Å². The second-order valence-corrected chi connectivity index (χ2v) is 7.96. The molecular formula is C22H24N4O3S. The third kappa shape index (κ3) is 6.38. The van der Waals surface area contributed by atoms with Crippen LogP contribution in [-0.2, 0) is 21.9 Å². The summed E-state index contributed by atoms with van der Waals surface area (Å²) in [7, 11) is 1.59. The molecule has 0 saturated heterocycles. The first-order valence-corrected chi connectivity index (χ1v) is 10.5. The molecule has 7 nitrogen and oxygen atoms in total. The Morgan fingerprint density at radius 3 is 2.50 bits per heavy atom. The third-order valence-corrected chi connectivity index (χ3v) is 5.51. The number of benzene rings is 2. The van der Waals surface area contributed by atoms with Gasteiger partial charge in [0, 0.05) is 17.6 Å². The number of nitrogens with zero attached hydrogens (tertiary/aromatic N) is 2. The number of thioether (sulfide) groups is 1. The van der Waals surface area contributed by atoms with Crippen molar-refractivity contribution in [1.29, 1.82) is 0 Å². The minimum Gasteiger partial charge on any atom is -0.497 e. The maximum atomic E-state index is 12.4. The van der Waals surface area contributed by atoms with Gasteiger partial charge in [-0.25, -0.2) is 0 Å². The van der Waals surface area contributed by atoms with Crippen molar-refractivity contribution >= 4 is 35.0 Å². The Kier molecular flexibility index (Phi) is 7.51. The van der Waals surface area contributed by atoms with E-state index in [2.05, 4.69) is 15.7 Å². The number of hydrogen-bond donors (Lipinski definition) is 2. The number of carbonyl (C=O) groups is 2. The quantitative estimate of drug-likeness (QED) is 0.546. The van der Waals surface area contributed by atoms with Gasteiger partial charge in [0.25, 0.3) is 0 Å². The van der Waals surface area contributed by atoms with Gasteiger partial charge in [-0.15, -0.1) is 11.8 Å². The van der Waals surface area contributed by atoms with Gasteiger partial charge in [0.2, 0.25) is 11.8 Å². The summed E-state index contributed by atoms with van der Waals surface area (Å²) in [5, 5.41) is 9.57. The average molecular weight is 425 g/mol. The zero-order chi connectivity index (χ0) is 21.3. The summed E-state index contributed by atoms with van der Waals surface area (Å²) in [4.78, 5) is 24.6. The van der Waals surface area contributed by atoms with Crippen molar-refractivity contribution in [3.63, 3.8) is 0 Å². The van der Waals surface area contributed by atoms with Crippen molar-refractivity contribution in [2.45, 2.75) is 24.5 Å². The normalized spacial score (nSPS) is 11.5. The highest BCUT2D eigenvalue weighted by atomic mass is 32.2. The van der Waals surface area contributed by atoms with Gasteiger partial charge >= 0.3 is 0 Å². The smallest absolute Gasteiger partial charge is 0.246 e. The van der Waals surface area contributed by atoms with E-state index in [1.165, 1.54) is 16.4 Å². The minimum atomic E-state index is -0.216. The van der Waals surface area contributed by atoms with Gasteiger partial charge in [-0.1, -0.05) is 30.3 Å². The van der Waals surface area contributed by atoms with Crippen molar-refractivity contribution in [3.05, 3.63) is 72.6 Å². The van der Waals surface area contributed by atoms with Gasteiger partial charge < -0.3 is 15.4 Å². The maximum Gasteiger partial charge on any atom is 0.246 e. The van der Waals surface area contributed by atoms with Crippen molar-refractivity contribution < 1.29 is 14.3 Å². The fourth-order valence-electron chi connectivity index (χ4n) is 2.65. The summed E-state index contributed by atoms with van der Waals surface area (Å²) in [5.74, 6) is 1.17. The molecule has 1 heterocycles. The Balaban J connectivity index is 1.46. The number of nitrogens with one attached hydrogen (secondary N) is 2. The van der Waals surface area contributed by atoms with Gasteiger partial charge in [-0.3, -0.25) is 14.3 Å². The van der Waals surface area contributed by atoms with Crippen LogP contribution in [0.25, 0.3) is 0 Å². The average Bonchev–Trinajstić information content (AvgIpc) is 3.19. The first-order valence-electron chi connectivity index (χ1n) is 9.46. The van der Waals surface area contributed by atoms with E-state index in [1.54, 1.807) is 49.3 Å². The van der Waals surface area contributed by atoms with Crippen LogP contribution in [0.2, 0.25) is 0 Å². The van der Waals surface area contributed by atoms with Gasteiger partial charge in [0.05, 0.1) is 24.2 Å². The lowest BCUT2D eigenvalue weighted by Crippen LogP contribution is -2.22. The zero-order valence-electron chi connectivity index (χ0n) is 16.9. The first kappa shape index (κ1) is 21.4. The Morgan fingerprint density at radius 1 is 1.07 bits per heavy atom. The van der Waals surface area contributed by atoms with Crippen LogP contribution in [-0.4, -0.2) is 34.0 Å². The standard InChI is InChI=1S/C22H24N4O3S/c1-16(30-15-17-6-4-3-5-7-17)22(28)25-19-12-23-26(13-19)14-21(27)24-18-8-10-20(29-2)11-9-18/h3-13,16H,14-15H2,1-2H3,(H,24,27)(H,25,28). The molecule has 0 fully saturated rings. The van der Waals surface area contributed by atoms with Crippen LogP contribution in [0.3, 0.4) is 0 Å². The number of amides is 2. The Morgan fingerprint density at radius 2 is 1.80 bits per heavy atom. The number of ether oxygens (including phenoxy) is 1. The summed E-state index contributed by atoms with van der Waals surface area (Å²) in [6.07, 6.45) is 3.17. The topological polar surface area (TPSA) is 85.2 Å². The number of carbonyl (C=O) groups excluding carboxylic acids is 2. The first-order chi connectivity index (χ1) is 14.5. The van der Waals surface area contributed by atoms with Crippen molar-refractivity contribution in [3.8, 4) is 5.75 Å². The molecule has 2 N–H and O–H groups in total. The van der Waals surface area contributed by atoms with E-state index in [9.17, 15) is 9.59 Å². The molecule has 1 atom stereocenters. The predicted octanol–water partition coefficient (Wildman–Crippen LogP) is 3.79. The number of anilines is 2. The summed E-state index contributed by atoms with van der Waals surface area (Å²) in [6, 6.07) is 17.1. The molecular weight excluding hydrogens is 400 g/mol. The fourth-order valence-corrected chi connectivity index (χ4v) is 3.50. The molecule has 1 unspecified atom stereocenters. The van der Waals surface area contributed by atoms with Gasteiger partial charge in [0.15, 0.2) is 0 Å². The Hall–Kier alpha value is -3.26. The lowest BCUT2D eigenvalue weighted by molar-refractivity contribution is -0.117. The Labute approximate surface area is 179 Å². The van der Waals surface area contributed by atoms with E-state index in [0.29, 0.717) is 11.4 Å². The lowest BCUT2D eigenvalue weighted by Gasteiger charge is -2.11. The zero-order valence-corrected chi connectivity index (χ0v) is 17.7. The van der Waals surface area contributed by atoms with Gasteiger partial charge in [0.1, 0.15) is 12.3 Å². The van der Waals surface area contributed by atoms with Crippen LogP contribution < -0.4 is 15.4 Å². The van der Waals surface area contributed by atoms with Crippen molar-refractivity contribution in [2.75, 3.05) is 17.7 Å². The van der Waals surface area contributed by atoms with Crippen LogP contribution in [0.4, 0.5) is 11.4 Å². The SMILES string of the molecule is COc1ccc(NC(=O)Cn2cc(NC(=O)C(C)SCc3ccccc3)cn2)cc1. The van der Waals surface area contributed by atoms with E-state index >= 15 is 0 Å². The summed E-state index contributed by atoms with van der Waals surface area (Å²) >= 11 is 1.57. The second-order valence-electron chi connectivity index (χ2n) is 6.63. The summed E-state index contributed by atoms with van der Waals surface area (Å²) in [5.41, 5.74) is 2.41. The summed E-state index contributed by atoms with van der Waals surface area (Å²) < 4.78 is 6.58. The highest BCUT2D eigenvalue weighted by Crippen LogP contribution is 2.19. The van der Waals surface area contributed by atoms with Crippen LogP contribution in [0.1, 0.15) is 12.5 Å². The molecule has 0 bridgehead atoms. The molecule has 2 aromatic carbocycles. The Bertz CT molecular complexity index is 974. The van der Waals surface area contributed by atoms with Crippen molar-refractivity contribution in [2.24, 2.45) is 0 Å². The van der Waals surface area contributed by atoms with E-state index in [0.717, 1.165) is 11.5 Å². The van der Waals surface area contributed by atoms with E-state index in [-0.39, 0.29) is 23.6 Å². The molecule has 1 aromatic heterocycles. The monoisotopic (exact) mass is 424 g/mol. The maximum absolute atomic E-state index is 12.4. The summed E-state index contributed by atoms with van der Waals surface area (Å²) in [6.45, 7) is 1.91.